The summed E-state index contributed by atoms with van der Waals surface area (Å²) in [7, 11) is 0. The van der Waals surface area contributed by atoms with E-state index in [-0.39, 0.29) is 43.4 Å². The van der Waals surface area contributed by atoms with Crippen LogP contribution in [0.1, 0.15) is 200 Å². The van der Waals surface area contributed by atoms with Crippen LogP contribution in [0.2, 0.25) is 0 Å². The number of aromatic nitrogens is 1. The van der Waals surface area contributed by atoms with Crippen molar-refractivity contribution < 1.29 is 43.4 Å². The predicted molar refractivity (Wildman–Crippen MR) is 204 cm³/mol. The first-order valence-electron chi connectivity index (χ1n) is 20.0. The molecule has 1 heterocycles. The van der Waals surface area contributed by atoms with E-state index in [9.17, 15) is 0 Å². The predicted octanol–water partition coefficient (Wildman–Crippen LogP) is 7.56. The van der Waals surface area contributed by atoms with Crippen LogP contribution in [0.3, 0.4) is 0 Å². The van der Waals surface area contributed by atoms with E-state index in [1.807, 2.05) is 0 Å². The number of halogens is 2. The Morgan fingerprint density at radius 1 is 0.431 bits per heavy atom. The molecule has 3 aromatic rings. The Balaban J connectivity index is 0.00000194. The van der Waals surface area contributed by atoms with Gasteiger partial charge in [-0.2, -0.15) is 0 Å². The number of hydrogen-bond acceptors (Lipinski definition) is 3. The molecule has 0 spiro atoms. The van der Waals surface area contributed by atoms with Gasteiger partial charge in [-0.15, -0.1) is 0 Å². The van der Waals surface area contributed by atoms with Crippen LogP contribution in [0.5, 0.6) is 0 Å². The summed E-state index contributed by atoms with van der Waals surface area (Å²) in [4.78, 5) is 16.3. The van der Waals surface area contributed by atoms with Crippen LogP contribution in [0, 0.1) is 0 Å². The van der Waals surface area contributed by atoms with Gasteiger partial charge in [0.1, 0.15) is 0 Å². The smallest absolute Gasteiger partial charge is 1.00 e. The average molecular weight is 764 g/mol. The molecule has 7 rings (SSSR count). The third-order valence-electron chi connectivity index (χ3n) is 12.4. The fraction of sp³-hybridized carbons (Fsp3) is 0.578. The van der Waals surface area contributed by atoms with Gasteiger partial charge < -0.3 is 24.8 Å². The van der Waals surface area contributed by atoms with E-state index < -0.39 is 0 Å². The summed E-state index contributed by atoms with van der Waals surface area (Å²) in [5.41, 5.74) is 12.5. The second-order valence-corrected chi connectivity index (χ2v) is 15.7. The van der Waals surface area contributed by atoms with Crippen molar-refractivity contribution >= 4 is 22.8 Å². The van der Waals surface area contributed by atoms with Crippen LogP contribution in [0.4, 0.5) is 11.4 Å². The van der Waals surface area contributed by atoms with Crippen molar-refractivity contribution in [1.82, 2.24) is 4.98 Å². The number of aliphatic imine (C=N–C) groups is 2. The SMILES string of the molecule is CC(=Nc1c(C2CCCCC2)cccc1C1CCCCC1)c1cccc(C(C)=Nc2c(C3CCCCC3)cccc2C2CCCCC2)n1.[Cl-].[Cl-].[V+2]. The Labute approximate surface area is 333 Å². The molecule has 2 aromatic carbocycles. The second-order valence-electron chi connectivity index (χ2n) is 15.7. The third-order valence-corrected chi connectivity index (χ3v) is 12.4. The summed E-state index contributed by atoms with van der Waals surface area (Å²) in [6.45, 7) is 4.36. The molecule has 51 heavy (non-hydrogen) atoms. The van der Waals surface area contributed by atoms with Crippen molar-refractivity contribution in [2.24, 2.45) is 9.98 Å². The Kier molecular flexibility index (Phi) is 16.8. The van der Waals surface area contributed by atoms with Gasteiger partial charge in [0.2, 0.25) is 0 Å². The molecular weight excluding hydrogens is 704 g/mol. The van der Waals surface area contributed by atoms with E-state index in [1.54, 1.807) is 0 Å². The van der Waals surface area contributed by atoms with Crippen molar-refractivity contribution in [2.45, 2.75) is 166 Å². The van der Waals surface area contributed by atoms with Crippen molar-refractivity contribution in [3.63, 3.8) is 0 Å². The zero-order chi connectivity index (χ0) is 32.7. The Morgan fingerprint density at radius 3 is 0.961 bits per heavy atom. The van der Waals surface area contributed by atoms with Crippen molar-refractivity contribution in [3.05, 3.63) is 88.2 Å². The number of hydrogen-bond donors (Lipinski definition) is 0. The molecule has 4 fully saturated rings. The topological polar surface area (TPSA) is 37.6 Å². The zero-order valence-corrected chi connectivity index (χ0v) is 34.1. The van der Waals surface area contributed by atoms with Gasteiger partial charge in [0.05, 0.1) is 34.2 Å². The summed E-state index contributed by atoms with van der Waals surface area (Å²) in [5.74, 6) is 2.52. The van der Waals surface area contributed by atoms with Gasteiger partial charge in [0.25, 0.3) is 0 Å². The van der Waals surface area contributed by atoms with Gasteiger partial charge in [-0.1, -0.05) is 120 Å². The second kappa shape index (κ2) is 20.5. The van der Waals surface area contributed by atoms with Crippen LogP contribution in [0.25, 0.3) is 0 Å². The summed E-state index contributed by atoms with van der Waals surface area (Å²) >= 11 is 0. The Hall–Kier alpha value is -1.91. The first kappa shape index (κ1) is 41.8. The van der Waals surface area contributed by atoms with Crippen LogP contribution >= 0.6 is 0 Å². The maximum atomic E-state index is 5.53. The third kappa shape index (κ3) is 10.2. The van der Waals surface area contributed by atoms with Gasteiger partial charge in [-0.25, -0.2) is 4.98 Å². The molecule has 273 valence electrons. The maximum absolute atomic E-state index is 5.53. The summed E-state index contributed by atoms with van der Waals surface area (Å²) < 4.78 is 0. The molecule has 6 heteroatoms. The molecular formula is C45H59Cl2N3V. The summed E-state index contributed by atoms with van der Waals surface area (Å²) in [6, 6.07) is 20.7. The van der Waals surface area contributed by atoms with Crippen LogP contribution < -0.4 is 24.8 Å². The van der Waals surface area contributed by atoms with Crippen molar-refractivity contribution in [1.29, 1.82) is 0 Å². The first-order chi connectivity index (χ1) is 23.7. The Bertz CT molecular complexity index is 1410. The summed E-state index contributed by atoms with van der Waals surface area (Å²) in [5, 5.41) is 0. The number of para-hydroxylation sites is 2. The number of pyridine rings is 1. The average Bonchev–Trinajstić information content (AvgIpc) is 3.16. The van der Waals surface area contributed by atoms with Crippen LogP contribution in [-0.2, 0) is 18.6 Å². The number of rotatable bonds is 8. The Morgan fingerprint density at radius 2 is 0.686 bits per heavy atom. The van der Waals surface area contributed by atoms with Gasteiger partial charge >= 0.3 is 18.6 Å². The zero-order valence-electron chi connectivity index (χ0n) is 31.2. The standard InChI is InChI=1S/C45H59N3.2ClH.V/c1-32(46-44-38(34-18-7-3-8-19-34)26-15-27-39(44)35-20-9-4-10-21-35)42-30-17-31-43(48-42)33(2)47-45-40(36-22-11-5-12-23-36)28-16-29-41(45)37-24-13-6-14-25-37;;;/h15-17,26-31,34-37H,3-14,18-25H2,1-2H3;2*1H;/q;;;+2/p-2. The summed E-state index contributed by atoms with van der Waals surface area (Å²) in [6.07, 6.45) is 26.6. The fourth-order valence-corrected chi connectivity index (χ4v) is 9.68. The molecule has 4 saturated carbocycles. The molecule has 0 aliphatic heterocycles. The molecule has 0 saturated heterocycles. The van der Waals surface area contributed by atoms with E-state index in [0.717, 1.165) is 22.8 Å². The van der Waals surface area contributed by atoms with E-state index in [4.69, 9.17) is 15.0 Å². The monoisotopic (exact) mass is 762 g/mol. The van der Waals surface area contributed by atoms with E-state index in [1.165, 1.54) is 162 Å². The minimum absolute atomic E-state index is 0. The molecule has 1 aromatic heterocycles. The van der Waals surface area contributed by atoms with E-state index >= 15 is 0 Å². The molecule has 3 nitrogen and oxygen atoms in total. The van der Waals surface area contributed by atoms with E-state index in [0.29, 0.717) is 23.7 Å². The minimum atomic E-state index is 0. The minimum Gasteiger partial charge on any atom is -1.00 e. The maximum Gasteiger partial charge on any atom is 2.00 e. The van der Waals surface area contributed by atoms with Crippen LogP contribution in [-0.4, -0.2) is 16.4 Å². The number of nitrogens with zero attached hydrogens (tertiary/aromatic N) is 3. The van der Waals surface area contributed by atoms with Gasteiger partial charge in [-0.05, 0) is 123 Å². The normalized spacial score (nSPS) is 20.2. The number of benzene rings is 2. The molecule has 4 aliphatic rings. The molecule has 0 unspecified atom stereocenters. The molecule has 0 bridgehead atoms. The van der Waals surface area contributed by atoms with Crippen molar-refractivity contribution in [2.75, 3.05) is 0 Å². The molecule has 0 N–H and O–H groups in total. The quantitative estimate of drug-likeness (QED) is 0.219. The first-order valence-corrected chi connectivity index (χ1v) is 20.0. The van der Waals surface area contributed by atoms with Gasteiger partial charge in [0.15, 0.2) is 0 Å². The molecule has 0 amide bonds. The van der Waals surface area contributed by atoms with Crippen LogP contribution in [0.15, 0.2) is 64.6 Å². The van der Waals surface area contributed by atoms with Crippen molar-refractivity contribution in [3.8, 4) is 0 Å². The van der Waals surface area contributed by atoms with Gasteiger partial charge in [0, 0.05) is 0 Å². The molecule has 1 radical (unpaired) electrons. The van der Waals surface area contributed by atoms with Gasteiger partial charge in [-0.3, -0.25) is 9.98 Å². The fourth-order valence-electron chi connectivity index (χ4n) is 9.68. The van der Waals surface area contributed by atoms with E-state index in [2.05, 4.69) is 68.4 Å². The molecule has 4 aliphatic carbocycles. The molecule has 0 atom stereocenters. The largest absolute Gasteiger partial charge is 2.00 e.